The van der Waals surface area contributed by atoms with Gasteiger partial charge in [0.15, 0.2) is 0 Å². The van der Waals surface area contributed by atoms with Crippen molar-refractivity contribution in [2.45, 2.75) is 64.0 Å². The summed E-state index contributed by atoms with van der Waals surface area (Å²) in [6, 6.07) is 2.77. The highest BCUT2D eigenvalue weighted by atomic mass is 32.1. The Hall–Kier alpha value is -1.36. The van der Waals surface area contributed by atoms with Crippen LogP contribution in [-0.4, -0.2) is 40.7 Å². The van der Waals surface area contributed by atoms with Crippen molar-refractivity contribution in [1.82, 2.24) is 9.80 Å². The fourth-order valence-corrected chi connectivity index (χ4v) is 5.73. The second-order valence-corrected chi connectivity index (χ2v) is 8.39. The molecule has 1 aliphatic carbocycles. The van der Waals surface area contributed by atoms with E-state index in [0.717, 1.165) is 32.2 Å². The van der Waals surface area contributed by atoms with Gasteiger partial charge in [0.25, 0.3) is 0 Å². The molecule has 3 heterocycles. The van der Waals surface area contributed by atoms with Crippen LogP contribution in [0.4, 0.5) is 0 Å². The SMILES string of the molecule is CCC1c2ccsc2CCN1C(=O)C1CC(=O)N(C2CCCC2)C1. The maximum atomic E-state index is 13.2. The maximum absolute atomic E-state index is 13.2. The van der Waals surface area contributed by atoms with E-state index in [9.17, 15) is 9.59 Å². The number of carbonyl (C=O) groups is 2. The van der Waals surface area contributed by atoms with E-state index in [2.05, 4.69) is 23.3 Å². The first-order valence-electron chi connectivity index (χ1n) is 9.35. The van der Waals surface area contributed by atoms with Crippen molar-refractivity contribution in [3.63, 3.8) is 0 Å². The summed E-state index contributed by atoms with van der Waals surface area (Å²) in [6.07, 6.45) is 7.00. The standard InChI is InChI=1S/C19H26N2O2S/c1-2-16-15-8-10-24-17(15)7-9-20(16)19(23)13-11-18(22)21(12-13)14-5-3-4-6-14/h8,10,13-14,16H,2-7,9,11-12H2,1H3. The predicted molar refractivity (Wildman–Crippen MR) is 94.8 cm³/mol. The van der Waals surface area contributed by atoms with E-state index in [-0.39, 0.29) is 23.8 Å². The molecule has 1 aromatic heterocycles. The van der Waals surface area contributed by atoms with E-state index >= 15 is 0 Å². The van der Waals surface area contributed by atoms with Crippen LogP contribution in [0.25, 0.3) is 0 Å². The highest BCUT2D eigenvalue weighted by Crippen LogP contribution is 2.37. The van der Waals surface area contributed by atoms with Gasteiger partial charge in [0.2, 0.25) is 11.8 Å². The zero-order valence-electron chi connectivity index (χ0n) is 14.4. The Morgan fingerprint density at radius 2 is 2.12 bits per heavy atom. The van der Waals surface area contributed by atoms with Crippen LogP contribution < -0.4 is 0 Å². The molecular weight excluding hydrogens is 320 g/mol. The second-order valence-electron chi connectivity index (χ2n) is 7.39. The third-order valence-electron chi connectivity index (χ3n) is 6.04. The van der Waals surface area contributed by atoms with E-state index < -0.39 is 0 Å². The largest absolute Gasteiger partial charge is 0.339 e. The zero-order valence-corrected chi connectivity index (χ0v) is 15.2. The van der Waals surface area contributed by atoms with Gasteiger partial charge in [-0.05, 0) is 42.7 Å². The monoisotopic (exact) mass is 346 g/mol. The lowest BCUT2D eigenvalue weighted by Gasteiger charge is -2.37. The van der Waals surface area contributed by atoms with Gasteiger partial charge < -0.3 is 9.80 Å². The lowest BCUT2D eigenvalue weighted by Crippen LogP contribution is -2.43. The molecule has 0 bridgehead atoms. The Morgan fingerprint density at radius 3 is 2.88 bits per heavy atom. The number of likely N-dealkylation sites (tertiary alicyclic amines) is 1. The summed E-state index contributed by atoms with van der Waals surface area (Å²) in [6.45, 7) is 3.60. The van der Waals surface area contributed by atoms with E-state index in [4.69, 9.17) is 0 Å². The molecule has 2 aliphatic heterocycles. The van der Waals surface area contributed by atoms with E-state index in [0.29, 0.717) is 19.0 Å². The average molecular weight is 346 g/mol. The summed E-state index contributed by atoms with van der Waals surface area (Å²) in [5, 5.41) is 2.14. The van der Waals surface area contributed by atoms with Crippen molar-refractivity contribution < 1.29 is 9.59 Å². The lowest BCUT2D eigenvalue weighted by molar-refractivity contribution is -0.138. The fraction of sp³-hybridized carbons (Fsp3) is 0.684. The number of rotatable bonds is 3. The smallest absolute Gasteiger partial charge is 0.228 e. The van der Waals surface area contributed by atoms with Gasteiger partial charge >= 0.3 is 0 Å². The quantitative estimate of drug-likeness (QED) is 0.842. The Balaban J connectivity index is 1.49. The summed E-state index contributed by atoms with van der Waals surface area (Å²) in [5.41, 5.74) is 1.33. The topological polar surface area (TPSA) is 40.6 Å². The van der Waals surface area contributed by atoms with Crippen molar-refractivity contribution in [3.8, 4) is 0 Å². The Morgan fingerprint density at radius 1 is 1.33 bits per heavy atom. The molecule has 0 spiro atoms. The van der Waals surface area contributed by atoms with E-state index in [1.54, 1.807) is 0 Å². The highest BCUT2D eigenvalue weighted by Gasteiger charge is 2.42. The second kappa shape index (κ2) is 6.51. The van der Waals surface area contributed by atoms with Crippen LogP contribution in [0.5, 0.6) is 0 Å². The number of hydrogen-bond donors (Lipinski definition) is 0. The van der Waals surface area contributed by atoms with E-state index in [1.165, 1.54) is 23.3 Å². The summed E-state index contributed by atoms with van der Waals surface area (Å²) in [4.78, 5) is 31.1. The molecule has 2 unspecified atom stereocenters. The van der Waals surface area contributed by atoms with Crippen LogP contribution in [0.1, 0.15) is 61.9 Å². The third kappa shape index (κ3) is 2.67. The van der Waals surface area contributed by atoms with Crippen LogP contribution in [0.3, 0.4) is 0 Å². The third-order valence-corrected chi connectivity index (χ3v) is 7.03. The van der Waals surface area contributed by atoms with Crippen LogP contribution in [0, 0.1) is 5.92 Å². The molecule has 1 aromatic rings. The first-order valence-corrected chi connectivity index (χ1v) is 10.2. The van der Waals surface area contributed by atoms with Crippen LogP contribution in [0.15, 0.2) is 11.4 Å². The predicted octanol–water partition coefficient (Wildman–Crippen LogP) is 3.38. The fourth-order valence-electron chi connectivity index (χ4n) is 4.80. The first kappa shape index (κ1) is 16.1. The molecule has 1 saturated carbocycles. The van der Waals surface area contributed by atoms with Gasteiger partial charge in [-0.1, -0.05) is 19.8 Å². The van der Waals surface area contributed by atoms with Crippen LogP contribution in [-0.2, 0) is 16.0 Å². The molecule has 24 heavy (non-hydrogen) atoms. The maximum Gasteiger partial charge on any atom is 0.228 e. The summed E-state index contributed by atoms with van der Waals surface area (Å²) >= 11 is 1.81. The van der Waals surface area contributed by atoms with Crippen molar-refractivity contribution in [3.05, 3.63) is 21.9 Å². The van der Waals surface area contributed by atoms with Crippen LogP contribution >= 0.6 is 11.3 Å². The molecule has 0 aromatic carbocycles. The van der Waals surface area contributed by atoms with Gasteiger partial charge in [0.05, 0.1) is 12.0 Å². The molecule has 0 N–H and O–H groups in total. The van der Waals surface area contributed by atoms with Gasteiger partial charge in [-0.15, -0.1) is 11.3 Å². The number of fused-ring (bicyclic) bond motifs is 1. The number of nitrogens with zero attached hydrogens (tertiary/aromatic N) is 2. The zero-order chi connectivity index (χ0) is 16.7. The van der Waals surface area contributed by atoms with Crippen molar-refractivity contribution in [2.24, 2.45) is 5.92 Å². The Kier molecular flexibility index (Phi) is 4.37. The summed E-state index contributed by atoms with van der Waals surface area (Å²) in [5.74, 6) is 0.265. The minimum absolute atomic E-state index is 0.132. The normalized spacial score (nSPS) is 27.8. The molecule has 2 amide bonds. The van der Waals surface area contributed by atoms with E-state index in [1.807, 2.05) is 16.2 Å². The molecule has 2 atom stereocenters. The van der Waals surface area contributed by atoms with Gasteiger partial charge in [0, 0.05) is 30.4 Å². The van der Waals surface area contributed by atoms with Gasteiger partial charge in [-0.3, -0.25) is 9.59 Å². The minimum Gasteiger partial charge on any atom is -0.339 e. The van der Waals surface area contributed by atoms with Gasteiger partial charge in [-0.25, -0.2) is 0 Å². The lowest BCUT2D eigenvalue weighted by atomic mass is 9.95. The highest BCUT2D eigenvalue weighted by molar-refractivity contribution is 7.10. The number of amides is 2. The number of thiophene rings is 1. The molecule has 5 heteroatoms. The minimum atomic E-state index is -0.132. The molecule has 0 radical (unpaired) electrons. The number of hydrogen-bond acceptors (Lipinski definition) is 3. The number of carbonyl (C=O) groups excluding carboxylic acids is 2. The first-order chi connectivity index (χ1) is 11.7. The molecule has 1 saturated heterocycles. The molecule has 3 aliphatic rings. The molecular formula is C19H26N2O2S. The Labute approximate surface area is 147 Å². The summed E-state index contributed by atoms with van der Waals surface area (Å²) in [7, 11) is 0. The molecule has 130 valence electrons. The van der Waals surface area contributed by atoms with Gasteiger partial charge in [0.1, 0.15) is 0 Å². The molecule has 2 fully saturated rings. The van der Waals surface area contributed by atoms with Crippen LogP contribution in [0.2, 0.25) is 0 Å². The van der Waals surface area contributed by atoms with Gasteiger partial charge in [-0.2, -0.15) is 0 Å². The van der Waals surface area contributed by atoms with Crippen molar-refractivity contribution >= 4 is 23.2 Å². The molecule has 4 nitrogen and oxygen atoms in total. The van der Waals surface area contributed by atoms with Crippen molar-refractivity contribution in [1.29, 1.82) is 0 Å². The van der Waals surface area contributed by atoms with Crippen molar-refractivity contribution in [2.75, 3.05) is 13.1 Å². The Bertz CT molecular complexity index is 635. The molecule has 4 rings (SSSR count). The summed E-state index contributed by atoms with van der Waals surface area (Å²) < 4.78 is 0. The average Bonchev–Trinajstić information content (AvgIpc) is 3.32.